The van der Waals surface area contributed by atoms with Gasteiger partial charge in [-0.05, 0) is 30.9 Å². The molecule has 1 aromatic rings. The summed E-state index contributed by atoms with van der Waals surface area (Å²) in [6, 6.07) is 10.4. The Morgan fingerprint density at radius 2 is 1.78 bits per heavy atom. The Balaban J connectivity index is 2.05. The van der Waals surface area contributed by atoms with Crippen LogP contribution in [0.1, 0.15) is 31.2 Å². The molecule has 94 valence electrons. The zero-order valence-corrected chi connectivity index (χ0v) is 10.7. The van der Waals surface area contributed by atoms with Crippen LogP contribution in [0.5, 0.6) is 0 Å². The molecule has 0 fully saturated rings. The molecule has 0 atom stereocenters. The lowest BCUT2D eigenvalue weighted by Gasteiger charge is -1.94. The number of hydrogen-bond donors (Lipinski definition) is 1. The minimum atomic E-state index is 0.938. The number of benzene rings is 1. The van der Waals surface area contributed by atoms with Gasteiger partial charge in [0, 0.05) is 12.8 Å². The van der Waals surface area contributed by atoms with Crippen molar-refractivity contribution in [3.8, 4) is 11.8 Å². The maximum atomic E-state index is 8.41. The number of aryl methyl sites for hydroxylation is 1. The van der Waals surface area contributed by atoms with E-state index in [1.807, 2.05) is 18.2 Å². The maximum absolute atomic E-state index is 8.41. The van der Waals surface area contributed by atoms with Crippen molar-refractivity contribution in [2.45, 2.75) is 32.1 Å². The van der Waals surface area contributed by atoms with Crippen LogP contribution in [0.2, 0.25) is 0 Å². The third kappa shape index (κ3) is 7.35. The molecule has 0 spiro atoms. The summed E-state index contributed by atoms with van der Waals surface area (Å²) in [7, 11) is 0. The van der Waals surface area contributed by atoms with Crippen molar-refractivity contribution in [3.63, 3.8) is 0 Å². The number of aliphatic hydroxyl groups excluding tert-OH is 1. The molecule has 1 aromatic carbocycles. The fourth-order valence-electron chi connectivity index (χ4n) is 1.56. The predicted molar refractivity (Wildman–Crippen MR) is 77.3 cm³/mol. The summed E-state index contributed by atoms with van der Waals surface area (Å²) in [5.74, 6) is 6.40. The van der Waals surface area contributed by atoms with Gasteiger partial charge in [0.15, 0.2) is 0 Å². The third-order valence-corrected chi connectivity index (χ3v) is 2.51. The maximum Gasteiger partial charge on any atom is 0.0791 e. The number of rotatable bonds is 6. The van der Waals surface area contributed by atoms with Crippen LogP contribution in [-0.4, -0.2) is 5.11 Å². The summed E-state index contributed by atoms with van der Waals surface area (Å²) < 4.78 is 0. The van der Waals surface area contributed by atoms with Crippen LogP contribution < -0.4 is 0 Å². The quantitative estimate of drug-likeness (QED) is 0.338. The van der Waals surface area contributed by atoms with E-state index in [-0.39, 0.29) is 0 Å². The molecule has 1 heteroatoms. The second-order valence-corrected chi connectivity index (χ2v) is 4.00. The first-order chi connectivity index (χ1) is 8.93. The molecule has 1 nitrogen and oxygen atoms in total. The molecule has 0 aliphatic heterocycles. The van der Waals surface area contributed by atoms with E-state index < -0.39 is 0 Å². The fraction of sp³-hybridized carbons (Fsp3) is 0.294. The molecule has 0 aliphatic rings. The van der Waals surface area contributed by atoms with Crippen LogP contribution in [0, 0.1) is 11.8 Å². The molecule has 0 saturated heterocycles. The molecule has 0 saturated carbocycles. The van der Waals surface area contributed by atoms with E-state index in [1.165, 1.54) is 5.56 Å². The van der Waals surface area contributed by atoms with Gasteiger partial charge in [0.05, 0.1) is 6.26 Å². The van der Waals surface area contributed by atoms with Gasteiger partial charge < -0.3 is 5.11 Å². The first kappa shape index (κ1) is 14.1. The summed E-state index contributed by atoms with van der Waals surface area (Å²) >= 11 is 0. The Morgan fingerprint density at radius 1 is 1.00 bits per heavy atom. The molecular weight excluding hydrogens is 220 g/mol. The van der Waals surface area contributed by atoms with E-state index in [4.69, 9.17) is 5.11 Å². The molecule has 0 aliphatic carbocycles. The van der Waals surface area contributed by atoms with Crippen molar-refractivity contribution < 1.29 is 5.11 Å². The first-order valence-corrected chi connectivity index (χ1v) is 6.39. The number of allylic oxidation sites excluding steroid dienone is 3. The smallest absolute Gasteiger partial charge is 0.0791 e. The molecule has 1 N–H and O–H groups in total. The molecule has 0 unspecified atom stereocenters. The SMILES string of the molecule is OC=CC=CCCCC#CCCc1ccccc1. The number of hydrogen-bond acceptors (Lipinski definition) is 1. The van der Waals surface area contributed by atoms with Gasteiger partial charge in [-0.25, -0.2) is 0 Å². The van der Waals surface area contributed by atoms with Crippen molar-refractivity contribution in [2.24, 2.45) is 0 Å². The topological polar surface area (TPSA) is 20.2 Å². The van der Waals surface area contributed by atoms with Crippen LogP contribution >= 0.6 is 0 Å². The molecule has 18 heavy (non-hydrogen) atoms. The van der Waals surface area contributed by atoms with Gasteiger partial charge in [-0.15, -0.1) is 11.8 Å². The zero-order chi connectivity index (χ0) is 12.9. The third-order valence-electron chi connectivity index (χ3n) is 2.51. The zero-order valence-electron chi connectivity index (χ0n) is 10.7. The summed E-state index contributed by atoms with van der Waals surface area (Å²) in [6.07, 6.45) is 11.6. The highest BCUT2D eigenvalue weighted by atomic mass is 16.2. The average molecular weight is 240 g/mol. The van der Waals surface area contributed by atoms with E-state index in [9.17, 15) is 0 Å². The Bertz CT molecular complexity index is 418. The van der Waals surface area contributed by atoms with E-state index in [0.29, 0.717) is 0 Å². The lowest BCUT2D eigenvalue weighted by molar-refractivity contribution is 0.473. The fourth-order valence-corrected chi connectivity index (χ4v) is 1.56. The lowest BCUT2D eigenvalue weighted by Crippen LogP contribution is -1.81. The Kier molecular flexibility index (Phi) is 8.03. The molecule has 0 bridgehead atoms. The summed E-state index contributed by atoms with van der Waals surface area (Å²) in [6.45, 7) is 0. The highest BCUT2D eigenvalue weighted by molar-refractivity contribution is 5.16. The summed E-state index contributed by atoms with van der Waals surface area (Å²) in [4.78, 5) is 0. The number of unbranched alkanes of at least 4 members (excludes halogenated alkanes) is 2. The monoisotopic (exact) mass is 240 g/mol. The largest absolute Gasteiger partial charge is 0.516 e. The minimum Gasteiger partial charge on any atom is -0.516 e. The molecule has 0 aromatic heterocycles. The first-order valence-electron chi connectivity index (χ1n) is 6.39. The van der Waals surface area contributed by atoms with Crippen molar-refractivity contribution >= 4 is 0 Å². The van der Waals surface area contributed by atoms with Gasteiger partial charge in [-0.2, -0.15) is 0 Å². The Hall–Kier alpha value is -1.94. The molecule has 0 amide bonds. The van der Waals surface area contributed by atoms with Crippen LogP contribution in [0.4, 0.5) is 0 Å². The summed E-state index contributed by atoms with van der Waals surface area (Å²) in [5.41, 5.74) is 1.35. The molecular formula is C17H20O. The molecule has 0 heterocycles. The van der Waals surface area contributed by atoms with Crippen LogP contribution in [0.25, 0.3) is 0 Å². The van der Waals surface area contributed by atoms with Crippen LogP contribution in [0.3, 0.4) is 0 Å². The van der Waals surface area contributed by atoms with E-state index in [1.54, 1.807) is 6.08 Å². The van der Waals surface area contributed by atoms with Crippen molar-refractivity contribution in [2.75, 3.05) is 0 Å². The van der Waals surface area contributed by atoms with E-state index in [2.05, 4.69) is 36.1 Å². The molecule has 1 rings (SSSR count). The lowest BCUT2D eigenvalue weighted by atomic mass is 10.1. The van der Waals surface area contributed by atoms with Gasteiger partial charge in [0.2, 0.25) is 0 Å². The highest BCUT2D eigenvalue weighted by Gasteiger charge is 1.87. The van der Waals surface area contributed by atoms with Gasteiger partial charge >= 0.3 is 0 Å². The predicted octanol–water partition coefficient (Wildman–Crippen LogP) is 4.42. The second kappa shape index (κ2) is 10.2. The summed E-state index contributed by atoms with van der Waals surface area (Å²) in [5, 5.41) is 8.41. The van der Waals surface area contributed by atoms with E-state index >= 15 is 0 Å². The Labute approximate surface area is 110 Å². The van der Waals surface area contributed by atoms with Gasteiger partial charge in [0.25, 0.3) is 0 Å². The number of aliphatic hydroxyl groups is 1. The van der Waals surface area contributed by atoms with Gasteiger partial charge in [-0.1, -0.05) is 42.5 Å². The standard InChI is InChI=1S/C17H20O/c18-16-12-7-5-3-1-2-4-6-9-13-17-14-10-8-11-15-17/h5,7-8,10-12,14-16,18H,1-3,9,13H2. The van der Waals surface area contributed by atoms with E-state index in [0.717, 1.165) is 38.4 Å². The van der Waals surface area contributed by atoms with Gasteiger partial charge in [-0.3, -0.25) is 0 Å². The average Bonchev–Trinajstić information content (AvgIpc) is 2.42. The van der Waals surface area contributed by atoms with Gasteiger partial charge in [0.1, 0.15) is 0 Å². The normalized spacial score (nSPS) is 10.7. The second-order valence-electron chi connectivity index (χ2n) is 4.00. The molecule has 0 radical (unpaired) electrons. The Morgan fingerprint density at radius 3 is 2.56 bits per heavy atom. The van der Waals surface area contributed by atoms with Crippen LogP contribution in [0.15, 0.2) is 54.8 Å². The van der Waals surface area contributed by atoms with Crippen LogP contribution in [-0.2, 0) is 6.42 Å². The van der Waals surface area contributed by atoms with Crippen molar-refractivity contribution in [3.05, 3.63) is 60.4 Å². The van der Waals surface area contributed by atoms with Crippen molar-refractivity contribution in [1.29, 1.82) is 0 Å². The minimum absolute atomic E-state index is 0.938. The highest BCUT2D eigenvalue weighted by Crippen LogP contribution is 2.01. The van der Waals surface area contributed by atoms with Crippen molar-refractivity contribution in [1.82, 2.24) is 0 Å².